The molecule has 0 aromatic heterocycles. The highest BCUT2D eigenvalue weighted by molar-refractivity contribution is 9.10. The highest BCUT2D eigenvalue weighted by Gasteiger charge is 2.19. The molecule has 2 aromatic carbocycles. The molecule has 0 bridgehead atoms. The molecule has 6 nitrogen and oxygen atoms in total. The van der Waals surface area contributed by atoms with Gasteiger partial charge in [-0.1, -0.05) is 15.9 Å². The number of esters is 2. The number of hydrogen-bond acceptors (Lipinski definition) is 5. The zero-order valence-corrected chi connectivity index (χ0v) is 20.0. The smallest absolute Gasteiger partial charge is 0.338 e. The lowest BCUT2D eigenvalue weighted by Crippen LogP contribution is -2.24. The minimum atomic E-state index is -1.01. The monoisotopic (exact) mass is 499 g/mol. The molecule has 0 saturated heterocycles. The maximum atomic E-state index is 11.8. The van der Waals surface area contributed by atoms with Crippen molar-refractivity contribution in [3.8, 4) is 0 Å². The molecular formula is C23H28BrFO6. The fourth-order valence-electron chi connectivity index (χ4n) is 2.32. The summed E-state index contributed by atoms with van der Waals surface area (Å²) < 4.78 is 26.3. The largest absolute Gasteiger partial charge is 0.478 e. The normalized spacial score (nSPS) is 10.4. The summed E-state index contributed by atoms with van der Waals surface area (Å²) in [5.41, 5.74) is 2.12. The molecule has 0 aliphatic rings. The van der Waals surface area contributed by atoms with Crippen molar-refractivity contribution < 1.29 is 34.7 Å². The van der Waals surface area contributed by atoms with Gasteiger partial charge in [-0.3, -0.25) is 4.39 Å². The van der Waals surface area contributed by atoms with Crippen LogP contribution in [-0.4, -0.2) is 42.9 Å². The summed E-state index contributed by atoms with van der Waals surface area (Å²) in [6.45, 7) is 8.91. The van der Waals surface area contributed by atoms with Crippen LogP contribution in [0, 0.1) is 13.8 Å². The minimum absolute atomic E-state index is 0.162. The Kier molecular flexibility index (Phi) is 10.9. The van der Waals surface area contributed by atoms with Gasteiger partial charge >= 0.3 is 17.9 Å². The van der Waals surface area contributed by atoms with E-state index in [0.29, 0.717) is 16.7 Å². The van der Waals surface area contributed by atoms with Gasteiger partial charge in [-0.25, -0.2) is 14.4 Å². The van der Waals surface area contributed by atoms with Crippen molar-refractivity contribution in [2.75, 3.05) is 14.3 Å². The molecule has 0 fully saturated rings. The first kappa shape index (κ1) is 26.3. The number of ether oxygens (including phenoxy) is 2. The minimum Gasteiger partial charge on any atom is -0.478 e. The second-order valence-corrected chi connectivity index (χ2v) is 8.20. The second kappa shape index (κ2) is 12.8. The molecular weight excluding hydrogens is 471 g/mol. The van der Waals surface area contributed by atoms with Crippen molar-refractivity contribution in [2.24, 2.45) is 0 Å². The van der Waals surface area contributed by atoms with Gasteiger partial charge in [-0.05, 0) is 82.1 Å². The van der Waals surface area contributed by atoms with Crippen LogP contribution < -0.4 is 0 Å². The summed E-state index contributed by atoms with van der Waals surface area (Å²) in [4.78, 5) is 33.6. The first-order valence-electron chi connectivity index (χ1n) is 9.75. The first-order chi connectivity index (χ1) is 14.8. The van der Waals surface area contributed by atoms with Crippen molar-refractivity contribution in [2.45, 2.75) is 40.2 Å². The molecule has 0 saturated carbocycles. The van der Waals surface area contributed by atoms with Crippen LogP contribution in [0.5, 0.6) is 0 Å². The Balaban J connectivity index is 0.000000559. The number of benzene rings is 2. The van der Waals surface area contributed by atoms with E-state index in [1.54, 1.807) is 33.8 Å². The van der Waals surface area contributed by atoms with Crippen LogP contribution in [-0.2, 0) is 9.47 Å². The van der Waals surface area contributed by atoms with Crippen LogP contribution in [0.4, 0.5) is 4.39 Å². The molecule has 2 rings (SSSR count). The van der Waals surface area contributed by atoms with Gasteiger partial charge in [0.2, 0.25) is 0 Å². The van der Waals surface area contributed by atoms with Gasteiger partial charge in [-0.2, -0.15) is 0 Å². The molecule has 31 heavy (non-hydrogen) atoms. The zero-order valence-electron chi connectivity index (χ0n) is 19.4. The van der Waals surface area contributed by atoms with Crippen molar-refractivity contribution in [1.82, 2.24) is 0 Å². The number of rotatable bonds is 3. The van der Waals surface area contributed by atoms with Gasteiger partial charge in [0, 0.05) is 4.47 Å². The summed E-state index contributed by atoms with van der Waals surface area (Å²) in [5, 5.41) is 8.81. The summed E-state index contributed by atoms with van der Waals surface area (Å²) >= 11 is 3.32. The quantitative estimate of drug-likeness (QED) is 0.538. The van der Waals surface area contributed by atoms with E-state index in [9.17, 15) is 18.8 Å². The number of carbonyl (C=O) groups excluding carboxylic acids is 2. The molecule has 2 aromatic rings. The Morgan fingerprint density at radius 3 is 1.90 bits per heavy atom. The number of halogens is 2. The highest BCUT2D eigenvalue weighted by atomic mass is 79.9. The zero-order chi connectivity index (χ0) is 25.1. The summed E-state index contributed by atoms with van der Waals surface area (Å²) in [6.07, 6.45) is 0. The average molecular weight is 500 g/mol. The number of hydrogen-bond donors (Lipinski definition) is 1. The Labute approximate surface area is 191 Å². The maximum absolute atomic E-state index is 11.8. The summed E-state index contributed by atoms with van der Waals surface area (Å²) in [6, 6.07) is 9.78. The number of carboxylic acid groups (broad SMARTS) is 1. The van der Waals surface area contributed by atoms with Gasteiger partial charge < -0.3 is 14.6 Å². The van der Waals surface area contributed by atoms with E-state index in [-0.39, 0.29) is 11.5 Å². The molecule has 0 unspecified atom stereocenters. The lowest BCUT2D eigenvalue weighted by atomic mass is 10.0. The Hall–Kier alpha value is -2.74. The molecule has 0 atom stereocenters. The van der Waals surface area contributed by atoms with Gasteiger partial charge in [0.25, 0.3) is 0 Å². The van der Waals surface area contributed by atoms with Crippen LogP contribution in [0.15, 0.2) is 40.9 Å². The fraction of sp³-hybridized carbons (Fsp3) is 0.348. The lowest BCUT2D eigenvalue weighted by Gasteiger charge is -2.20. The molecule has 0 heterocycles. The topological polar surface area (TPSA) is 89.9 Å². The van der Waals surface area contributed by atoms with Crippen molar-refractivity contribution in [3.05, 3.63) is 68.7 Å². The highest BCUT2D eigenvalue weighted by Crippen LogP contribution is 2.17. The van der Waals surface area contributed by atoms with Crippen molar-refractivity contribution in [3.63, 3.8) is 0 Å². The molecule has 8 heteroatoms. The third-order valence-electron chi connectivity index (χ3n) is 3.69. The standard InChI is InChI=1S/C13H16O4.C9H9BrO2.CH3F/c1-8-7-9(11(14)15)5-6-10(8)12(16)17-13(2,3)4;1-6-5-7(10)3-4-8(6)9(11)12-2;1-2/h5-7H,1-4H3,(H,14,15);3-5H,1-2H3;1H3/i;;1D. The Morgan fingerprint density at radius 1 is 1.00 bits per heavy atom. The van der Waals surface area contributed by atoms with E-state index in [0.717, 1.165) is 10.0 Å². The van der Waals surface area contributed by atoms with E-state index in [4.69, 9.17) is 11.2 Å². The molecule has 170 valence electrons. The summed E-state index contributed by atoms with van der Waals surface area (Å²) in [7, 11) is 0.379. The predicted octanol–water partition coefficient (Wildman–Crippen LogP) is 5.78. The van der Waals surface area contributed by atoms with Gasteiger partial charge in [0.1, 0.15) is 5.60 Å². The average Bonchev–Trinajstić information content (AvgIpc) is 2.67. The predicted molar refractivity (Wildman–Crippen MR) is 121 cm³/mol. The molecule has 0 spiro atoms. The SMILES string of the molecule is COC(=O)c1ccc(Br)cc1C.Cc1cc(C(=O)O)ccc1C(=O)OC(C)(C)C.[2H]CF. The third kappa shape index (κ3) is 9.74. The molecule has 0 aliphatic heterocycles. The third-order valence-corrected chi connectivity index (χ3v) is 4.18. The van der Waals surface area contributed by atoms with Crippen LogP contribution in [0.1, 0.15) is 64.3 Å². The van der Waals surface area contributed by atoms with Crippen LogP contribution >= 0.6 is 15.9 Å². The van der Waals surface area contributed by atoms with E-state index in [1.165, 1.54) is 25.3 Å². The number of alkyl halides is 1. The van der Waals surface area contributed by atoms with Crippen LogP contribution in [0.25, 0.3) is 0 Å². The Bertz CT molecular complexity index is 941. The first-order valence-corrected chi connectivity index (χ1v) is 9.83. The molecule has 0 aliphatic carbocycles. The number of methoxy groups -OCH3 is 1. The van der Waals surface area contributed by atoms with Gasteiger partial charge in [0.05, 0.1) is 32.3 Å². The van der Waals surface area contributed by atoms with Crippen molar-refractivity contribution in [1.29, 1.82) is 0 Å². The lowest BCUT2D eigenvalue weighted by molar-refractivity contribution is 0.00681. The van der Waals surface area contributed by atoms with E-state index in [1.807, 2.05) is 19.1 Å². The van der Waals surface area contributed by atoms with E-state index >= 15 is 0 Å². The maximum Gasteiger partial charge on any atom is 0.338 e. The second-order valence-electron chi connectivity index (χ2n) is 7.29. The van der Waals surface area contributed by atoms with Crippen LogP contribution in [0.3, 0.4) is 0 Å². The van der Waals surface area contributed by atoms with Gasteiger partial charge in [-0.15, -0.1) is 0 Å². The van der Waals surface area contributed by atoms with E-state index in [2.05, 4.69) is 20.7 Å². The number of carbonyl (C=O) groups is 3. The number of carboxylic acids is 1. The molecule has 0 radical (unpaired) electrons. The summed E-state index contributed by atoms with van der Waals surface area (Å²) in [5.74, 6) is -1.74. The fourth-order valence-corrected chi connectivity index (χ4v) is 2.80. The Morgan fingerprint density at radius 2 is 1.48 bits per heavy atom. The van der Waals surface area contributed by atoms with Crippen LogP contribution in [0.2, 0.25) is 0 Å². The molecule has 1 N–H and O–H groups in total. The van der Waals surface area contributed by atoms with Crippen molar-refractivity contribution >= 4 is 33.8 Å². The number of aromatic carboxylic acids is 1. The molecule has 0 amide bonds. The van der Waals surface area contributed by atoms with E-state index < -0.39 is 24.7 Å². The van der Waals surface area contributed by atoms with Gasteiger partial charge in [0.15, 0.2) is 0 Å². The number of aryl methyl sites for hydroxylation is 2.